The average Bonchev–Trinajstić information content (AvgIpc) is 2.37. The molecule has 1 aromatic rings. The molecule has 0 heterocycles. The molecule has 0 fully saturated rings. The second-order valence-electron chi connectivity index (χ2n) is 3.00. The summed E-state index contributed by atoms with van der Waals surface area (Å²) in [4.78, 5) is 7.86. The van der Waals surface area contributed by atoms with Crippen LogP contribution in [0.3, 0.4) is 0 Å². The normalized spacial score (nSPS) is 11.5. The maximum Gasteiger partial charge on any atom is 0.145 e. The highest BCUT2D eigenvalue weighted by molar-refractivity contribution is 6.05. The zero-order chi connectivity index (χ0) is 12.7. The Labute approximate surface area is 99.9 Å². The molecule has 0 aliphatic rings. The number of amidine groups is 1. The van der Waals surface area contributed by atoms with Gasteiger partial charge in [0.15, 0.2) is 0 Å². The van der Waals surface area contributed by atoms with Crippen LogP contribution in [-0.4, -0.2) is 33.0 Å². The molecule has 0 radical (unpaired) electrons. The van der Waals surface area contributed by atoms with E-state index in [9.17, 15) is 0 Å². The maximum absolute atomic E-state index is 5.82. The van der Waals surface area contributed by atoms with Gasteiger partial charge in [-0.15, -0.1) is 0 Å². The summed E-state index contributed by atoms with van der Waals surface area (Å²) in [5, 5.41) is 3.72. The van der Waals surface area contributed by atoms with Gasteiger partial charge in [-0.3, -0.25) is 4.99 Å². The first-order valence-electron chi connectivity index (χ1n) is 4.90. The van der Waals surface area contributed by atoms with E-state index in [1.807, 2.05) is 0 Å². The van der Waals surface area contributed by atoms with E-state index in [-0.39, 0.29) is 0 Å². The van der Waals surface area contributed by atoms with Crippen molar-refractivity contribution in [1.29, 1.82) is 0 Å². The Kier molecular flexibility index (Phi) is 4.68. The number of ether oxygens (including phenoxy) is 1. The van der Waals surface area contributed by atoms with E-state index in [2.05, 4.69) is 27.2 Å². The first-order chi connectivity index (χ1) is 8.24. The summed E-state index contributed by atoms with van der Waals surface area (Å²) in [6, 6.07) is 5.38. The molecule has 90 valence electrons. The van der Waals surface area contributed by atoms with E-state index in [4.69, 9.17) is 10.5 Å². The molecule has 3 N–H and O–H groups in total. The number of nitrogens with two attached hydrogens (primary N) is 1. The fraction of sp³-hybridized carbons (Fsp3) is 0.182. The van der Waals surface area contributed by atoms with Crippen LogP contribution in [0.2, 0.25) is 0 Å². The minimum absolute atomic E-state index is 0.297. The van der Waals surface area contributed by atoms with Crippen LogP contribution in [0.25, 0.3) is 0 Å². The molecule has 0 aliphatic heterocycles. The zero-order valence-corrected chi connectivity index (χ0v) is 9.84. The molecule has 0 bridgehead atoms. The highest BCUT2D eigenvalue weighted by Gasteiger charge is 2.09. The lowest BCUT2D eigenvalue weighted by atomic mass is 10.1. The van der Waals surface area contributed by atoms with Crippen molar-refractivity contribution in [1.82, 2.24) is 5.43 Å². The minimum Gasteiger partial charge on any atom is -0.494 e. The Bertz CT molecular complexity index is 453. The molecule has 0 amide bonds. The molecule has 0 atom stereocenters. The number of hydrogen-bond donors (Lipinski definition) is 2. The zero-order valence-electron chi connectivity index (χ0n) is 9.84. The average molecular weight is 233 g/mol. The quantitative estimate of drug-likeness (QED) is 0.450. The van der Waals surface area contributed by atoms with Gasteiger partial charge in [-0.1, -0.05) is 6.07 Å². The second kappa shape index (κ2) is 6.26. The van der Waals surface area contributed by atoms with Crippen LogP contribution >= 0.6 is 0 Å². The molecular weight excluding hydrogens is 218 g/mol. The molecule has 1 aromatic carbocycles. The van der Waals surface area contributed by atoms with Gasteiger partial charge in [0.2, 0.25) is 0 Å². The highest BCUT2D eigenvalue weighted by Crippen LogP contribution is 2.30. The summed E-state index contributed by atoms with van der Waals surface area (Å²) in [6.45, 7) is 3.49. The standard InChI is InChI=1S/C11H15N5O/c1-13-10-8(5-4-6-9(10)17-3)11(12)15-7-16-14-2/h4-7,14H,1H2,2-3H3,(H2,12,15,16). The van der Waals surface area contributed by atoms with Crippen molar-refractivity contribution in [3.05, 3.63) is 23.8 Å². The Balaban J connectivity index is 3.17. The fourth-order valence-electron chi connectivity index (χ4n) is 1.28. The van der Waals surface area contributed by atoms with Gasteiger partial charge in [0.25, 0.3) is 0 Å². The van der Waals surface area contributed by atoms with Gasteiger partial charge in [-0.25, -0.2) is 4.99 Å². The Morgan fingerprint density at radius 3 is 2.88 bits per heavy atom. The Morgan fingerprint density at radius 2 is 2.29 bits per heavy atom. The first kappa shape index (κ1) is 12.7. The molecule has 17 heavy (non-hydrogen) atoms. The van der Waals surface area contributed by atoms with Gasteiger partial charge in [-0.2, -0.15) is 5.10 Å². The van der Waals surface area contributed by atoms with Crippen LogP contribution < -0.4 is 15.9 Å². The van der Waals surface area contributed by atoms with E-state index in [0.29, 0.717) is 22.8 Å². The third-order valence-corrected chi connectivity index (χ3v) is 2.04. The number of methoxy groups -OCH3 is 1. The van der Waals surface area contributed by atoms with Crippen molar-refractivity contribution in [2.24, 2.45) is 20.8 Å². The molecular formula is C11H15N5O. The number of benzene rings is 1. The third-order valence-electron chi connectivity index (χ3n) is 2.04. The molecule has 1 rings (SSSR count). The molecule has 0 saturated heterocycles. The number of nitrogens with zero attached hydrogens (tertiary/aromatic N) is 3. The Hall–Kier alpha value is -2.37. The molecule has 6 nitrogen and oxygen atoms in total. The van der Waals surface area contributed by atoms with E-state index in [1.165, 1.54) is 6.34 Å². The van der Waals surface area contributed by atoms with E-state index in [1.54, 1.807) is 32.4 Å². The van der Waals surface area contributed by atoms with Crippen LogP contribution in [0, 0.1) is 0 Å². The summed E-state index contributed by atoms with van der Waals surface area (Å²) in [5.41, 5.74) is 9.61. The second-order valence-corrected chi connectivity index (χ2v) is 3.00. The van der Waals surface area contributed by atoms with Crippen LogP contribution in [-0.2, 0) is 0 Å². The van der Waals surface area contributed by atoms with Crippen LogP contribution in [0.5, 0.6) is 5.75 Å². The smallest absolute Gasteiger partial charge is 0.145 e. The van der Waals surface area contributed by atoms with Crippen LogP contribution in [0.1, 0.15) is 5.56 Å². The minimum atomic E-state index is 0.297. The monoisotopic (exact) mass is 233 g/mol. The summed E-state index contributed by atoms with van der Waals surface area (Å²) < 4.78 is 5.16. The van der Waals surface area contributed by atoms with Crippen LogP contribution in [0.4, 0.5) is 5.69 Å². The van der Waals surface area contributed by atoms with E-state index < -0.39 is 0 Å². The van der Waals surface area contributed by atoms with Gasteiger partial charge in [0.05, 0.1) is 7.11 Å². The molecule has 0 aromatic heterocycles. The summed E-state index contributed by atoms with van der Waals surface area (Å²) in [6.07, 6.45) is 1.32. The summed E-state index contributed by atoms with van der Waals surface area (Å²) in [5.74, 6) is 0.895. The van der Waals surface area contributed by atoms with Crippen molar-refractivity contribution < 1.29 is 4.74 Å². The predicted octanol–water partition coefficient (Wildman–Crippen LogP) is 0.895. The molecule has 0 spiro atoms. The number of hydrogen-bond acceptors (Lipinski definition) is 4. The van der Waals surface area contributed by atoms with E-state index in [0.717, 1.165) is 0 Å². The topological polar surface area (TPSA) is 84.4 Å². The molecule has 0 aliphatic carbocycles. The lowest BCUT2D eigenvalue weighted by molar-refractivity contribution is 0.416. The number of nitrogens with one attached hydrogen (secondary N) is 1. The van der Waals surface area contributed by atoms with Gasteiger partial charge in [0.1, 0.15) is 23.6 Å². The van der Waals surface area contributed by atoms with Crippen molar-refractivity contribution in [2.75, 3.05) is 14.2 Å². The SMILES string of the molecule is C=Nc1c(OC)cccc1C(N)=N/C=N\NC. The van der Waals surface area contributed by atoms with Gasteiger partial charge >= 0.3 is 0 Å². The summed E-state index contributed by atoms with van der Waals surface area (Å²) >= 11 is 0. The van der Waals surface area contributed by atoms with Gasteiger partial charge < -0.3 is 15.9 Å². The first-order valence-corrected chi connectivity index (χ1v) is 4.90. The van der Waals surface area contributed by atoms with Gasteiger partial charge in [0, 0.05) is 12.6 Å². The number of aliphatic imine (C=N–C) groups is 2. The fourth-order valence-corrected chi connectivity index (χ4v) is 1.28. The van der Waals surface area contributed by atoms with Crippen molar-refractivity contribution in [3.8, 4) is 5.75 Å². The summed E-state index contributed by atoms with van der Waals surface area (Å²) in [7, 11) is 3.23. The highest BCUT2D eigenvalue weighted by atomic mass is 16.5. The Morgan fingerprint density at radius 1 is 1.53 bits per heavy atom. The lowest BCUT2D eigenvalue weighted by Crippen LogP contribution is -2.14. The molecule has 0 unspecified atom stereocenters. The van der Waals surface area contributed by atoms with Crippen molar-refractivity contribution >= 4 is 24.6 Å². The number of para-hydroxylation sites is 1. The molecule has 6 heteroatoms. The van der Waals surface area contributed by atoms with Gasteiger partial charge in [-0.05, 0) is 18.9 Å². The van der Waals surface area contributed by atoms with E-state index >= 15 is 0 Å². The number of hydrazone groups is 1. The largest absolute Gasteiger partial charge is 0.494 e. The lowest BCUT2D eigenvalue weighted by Gasteiger charge is -2.08. The predicted molar refractivity (Wildman–Crippen MR) is 70.5 cm³/mol. The third kappa shape index (κ3) is 3.04. The van der Waals surface area contributed by atoms with Crippen molar-refractivity contribution in [2.45, 2.75) is 0 Å². The molecule has 0 saturated carbocycles. The number of rotatable bonds is 5. The maximum atomic E-state index is 5.82. The van der Waals surface area contributed by atoms with Crippen LogP contribution in [0.15, 0.2) is 33.3 Å². The van der Waals surface area contributed by atoms with Crippen molar-refractivity contribution in [3.63, 3.8) is 0 Å².